The number of ether oxygens (including phenoxy) is 1. The molecule has 0 radical (unpaired) electrons. The molecule has 2 aromatic heterocycles. The molecular weight excluding hydrogens is 306 g/mol. The Balaban J connectivity index is 1.72. The smallest absolute Gasteiger partial charge is 0.410 e. The Kier molecular flexibility index (Phi) is 4.34. The Labute approximate surface area is 141 Å². The summed E-state index contributed by atoms with van der Waals surface area (Å²) in [5.74, 6) is 1.23. The zero-order valence-electron chi connectivity index (χ0n) is 14.7. The topological polar surface area (TPSA) is 83.1 Å². The van der Waals surface area contributed by atoms with Gasteiger partial charge in [-0.1, -0.05) is 6.92 Å². The molecule has 3 rings (SSSR count). The van der Waals surface area contributed by atoms with Gasteiger partial charge in [-0.25, -0.2) is 14.8 Å². The van der Waals surface area contributed by atoms with Crippen molar-refractivity contribution in [2.75, 3.05) is 18.4 Å². The minimum Gasteiger partial charge on any atom is -0.444 e. The summed E-state index contributed by atoms with van der Waals surface area (Å²) in [6, 6.07) is 2.08. The number of amides is 1. The molecule has 0 aromatic carbocycles. The molecule has 0 saturated carbocycles. The molecule has 2 unspecified atom stereocenters. The van der Waals surface area contributed by atoms with Gasteiger partial charge < -0.3 is 19.9 Å². The van der Waals surface area contributed by atoms with Crippen molar-refractivity contribution >= 4 is 22.9 Å². The van der Waals surface area contributed by atoms with E-state index in [1.807, 2.05) is 33.0 Å². The fourth-order valence-corrected chi connectivity index (χ4v) is 2.91. The highest BCUT2D eigenvalue weighted by Crippen LogP contribution is 2.25. The van der Waals surface area contributed by atoms with E-state index in [0.717, 1.165) is 29.8 Å². The summed E-state index contributed by atoms with van der Waals surface area (Å²) in [5.41, 5.74) is 0.326. The van der Waals surface area contributed by atoms with Crippen molar-refractivity contribution in [3.63, 3.8) is 0 Å². The van der Waals surface area contributed by atoms with E-state index in [0.29, 0.717) is 12.5 Å². The average Bonchev–Trinajstić information content (AvgIpc) is 2.97. The van der Waals surface area contributed by atoms with Gasteiger partial charge in [-0.2, -0.15) is 0 Å². The van der Waals surface area contributed by atoms with Crippen LogP contribution in [0.1, 0.15) is 34.1 Å². The van der Waals surface area contributed by atoms with Gasteiger partial charge in [0, 0.05) is 25.3 Å². The van der Waals surface area contributed by atoms with Crippen molar-refractivity contribution in [1.82, 2.24) is 19.9 Å². The van der Waals surface area contributed by atoms with Crippen LogP contribution in [0.3, 0.4) is 0 Å². The number of carbonyl (C=O) groups excluding carboxylic acids is 1. The van der Waals surface area contributed by atoms with E-state index in [-0.39, 0.29) is 12.1 Å². The van der Waals surface area contributed by atoms with Crippen LogP contribution in [0.4, 0.5) is 10.6 Å². The van der Waals surface area contributed by atoms with Gasteiger partial charge in [0.05, 0.1) is 5.39 Å². The number of rotatable bonds is 2. The number of nitrogens with zero attached hydrogens (tertiary/aromatic N) is 3. The maximum absolute atomic E-state index is 12.3. The highest BCUT2D eigenvalue weighted by molar-refractivity contribution is 5.86. The molecule has 1 aliphatic heterocycles. The lowest BCUT2D eigenvalue weighted by Gasteiger charge is -2.38. The predicted molar refractivity (Wildman–Crippen MR) is 92.9 cm³/mol. The molecule has 2 atom stereocenters. The number of nitrogens with one attached hydrogen (secondary N) is 2. The fraction of sp³-hybridized carbons (Fsp3) is 0.588. The van der Waals surface area contributed by atoms with Crippen LogP contribution in [0.5, 0.6) is 0 Å². The molecule has 7 nitrogen and oxygen atoms in total. The average molecular weight is 331 g/mol. The van der Waals surface area contributed by atoms with E-state index in [2.05, 4.69) is 27.2 Å². The zero-order chi connectivity index (χ0) is 17.3. The lowest BCUT2D eigenvalue weighted by atomic mass is 9.93. The standard InChI is InChI=1S/C17H25N5O2/c1-11-6-8-22(16(23)24-17(2,3)4)9-13(11)21-15-12-5-7-18-14(12)19-10-20-15/h5,7,10-11,13H,6,8-9H2,1-4H3,(H2,18,19,20,21). The second kappa shape index (κ2) is 6.30. The van der Waals surface area contributed by atoms with Crippen molar-refractivity contribution in [3.05, 3.63) is 18.6 Å². The molecule has 3 heterocycles. The van der Waals surface area contributed by atoms with Crippen LogP contribution in [-0.2, 0) is 4.74 Å². The Morgan fingerprint density at radius 3 is 2.96 bits per heavy atom. The summed E-state index contributed by atoms with van der Waals surface area (Å²) in [6.07, 6.45) is 4.07. The Hall–Kier alpha value is -2.31. The first-order valence-electron chi connectivity index (χ1n) is 8.36. The third kappa shape index (κ3) is 3.60. The van der Waals surface area contributed by atoms with E-state index in [9.17, 15) is 4.79 Å². The first-order valence-corrected chi connectivity index (χ1v) is 8.36. The predicted octanol–water partition coefficient (Wildman–Crippen LogP) is 3.02. The van der Waals surface area contributed by atoms with Crippen LogP contribution in [0, 0.1) is 5.92 Å². The Morgan fingerprint density at radius 1 is 1.42 bits per heavy atom. The highest BCUT2D eigenvalue weighted by Gasteiger charge is 2.31. The summed E-state index contributed by atoms with van der Waals surface area (Å²) < 4.78 is 5.50. The summed E-state index contributed by atoms with van der Waals surface area (Å²) >= 11 is 0. The van der Waals surface area contributed by atoms with Crippen LogP contribution in [-0.4, -0.2) is 50.7 Å². The van der Waals surface area contributed by atoms with Gasteiger partial charge in [0.2, 0.25) is 0 Å². The molecule has 0 bridgehead atoms. The minimum absolute atomic E-state index is 0.124. The number of aromatic amines is 1. The molecule has 1 fully saturated rings. The minimum atomic E-state index is -0.479. The number of fused-ring (bicyclic) bond motifs is 1. The second-order valence-electron chi connectivity index (χ2n) is 7.41. The molecule has 1 amide bonds. The molecular formula is C17H25N5O2. The number of anilines is 1. The van der Waals surface area contributed by atoms with E-state index >= 15 is 0 Å². The molecule has 2 aromatic rings. The first-order chi connectivity index (χ1) is 11.3. The van der Waals surface area contributed by atoms with E-state index in [4.69, 9.17) is 4.74 Å². The highest BCUT2D eigenvalue weighted by atomic mass is 16.6. The van der Waals surface area contributed by atoms with E-state index in [1.54, 1.807) is 11.2 Å². The second-order valence-corrected chi connectivity index (χ2v) is 7.41. The molecule has 130 valence electrons. The third-order valence-corrected chi connectivity index (χ3v) is 4.29. The van der Waals surface area contributed by atoms with Crippen molar-refractivity contribution in [3.8, 4) is 0 Å². The van der Waals surface area contributed by atoms with Gasteiger partial charge in [0.15, 0.2) is 0 Å². The number of hydrogen-bond donors (Lipinski definition) is 2. The lowest BCUT2D eigenvalue weighted by molar-refractivity contribution is 0.0176. The number of H-pyrrole nitrogens is 1. The van der Waals surface area contributed by atoms with Crippen molar-refractivity contribution in [2.45, 2.75) is 45.8 Å². The van der Waals surface area contributed by atoms with Gasteiger partial charge in [-0.05, 0) is 39.2 Å². The number of likely N-dealkylation sites (tertiary alicyclic amines) is 1. The van der Waals surface area contributed by atoms with Gasteiger partial charge in [0.25, 0.3) is 0 Å². The summed E-state index contributed by atoms with van der Waals surface area (Å²) in [6.45, 7) is 9.17. The quantitative estimate of drug-likeness (QED) is 0.884. The normalized spacial score (nSPS) is 21.8. The monoisotopic (exact) mass is 331 g/mol. The van der Waals surface area contributed by atoms with Crippen molar-refractivity contribution in [1.29, 1.82) is 0 Å². The van der Waals surface area contributed by atoms with Crippen LogP contribution in [0.25, 0.3) is 11.0 Å². The zero-order valence-corrected chi connectivity index (χ0v) is 14.7. The van der Waals surface area contributed by atoms with Crippen LogP contribution in [0.2, 0.25) is 0 Å². The summed E-state index contributed by atoms with van der Waals surface area (Å²) in [7, 11) is 0. The van der Waals surface area contributed by atoms with Crippen molar-refractivity contribution in [2.24, 2.45) is 5.92 Å². The molecule has 2 N–H and O–H groups in total. The van der Waals surface area contributed by atoms with Gasteiger partial charge >= 0.3 is 6.09 Å². The summed E-state index contributed by atoms with van der Waals surface area (Å²) in [4.78, 5) is 25.8. The maximum Gasteiger partial charge on any atom is 0.410 e. The SMILES string of the molecule is CC1CCN(C(=O)OC(C)(C)C)CC1Nc1ncnc2[nH]ccc12. The first kappa shape index (κ1) is 16.5. The Morgan fingerprint density at radius 2 is 2.21 bits per heavy atom. The van der Waals surface area contributed by atoms with Crippen LogP contribution < -0.4 is 5.32 Å². The largest absolute Gasteiger partial charge is 0.444 e. The maximum atomic E-state index is 12.3. The Bertz CT molecular complexity index is 721. The lowest BCUT2D eigenvalue weighted by Crippen LogP contribution is -2.50. The molecule has 0 spiro atoms. The van der Waals surface area contributed by atoms with Crippen LogP contribution in [0.15, 0.2) is 18.6 Å². The summed E-state index contributed by atoms with van der Waals surface area (Å²) in [5, 5.41) is 4.44. The number of carbonyl (C=O) groups is 1. The molecule has 1 saturated heterocycles. The number of hydrogen-bond acceptors (Lipinski definition) is 5. The van der Waals surface area contributed by atoms with Gasteiger partial charge in [-0.3, -0.25) is 0 Å². The molecule has 1 aliphatic rings. The van der Waals surface area contributed by atoms with Crippen molar-refractivity contribution < 1.29 is 9.53 Å². The fourth-order valence-electron chi connectivity index (χ4n) is 2.91. The molecule has 24 heavy (non-hydrogen) atoms. The number of piperidine rings is 1. The van der Waals surface area contributed by atoms with E-state index < -0.39 is 5.60 Å². The van der Waals surface area contributed by atoms with Gasteiger partial charge in [-0.15, -0.1) is 0 Å². The van der Waals surface area contributed by atoms with Crippen LogP contribution >= 0.6 is 0 Å². The number of aromatic nitrogens is 3. The third-order valence-electron chi connectivity index (χ3n) is 4.29. The molecule has 0 aliphatic carbocycles. The van der Waals surface area contributed by atoms with Gasteiger partial charge in [0.1, 0.15) is 23.4 Å². The van der Waals surface area contributed by atoms with E-state index in [1.165, 1.54) is 0 Å². The molecule has 7 heteroatoms.